The molecule has 1 aromatic carbocycles. The van der Waals surface area contributed by atoms with Crippen molar-refractivity contribution in [3.8, 4) is 0 Å². The molecule has 0 aliphatic carbocycles. The van der Waals surface area contributed by atoms with E-state index >= 15 is 0 Å². The fraction of sp³-hybridized carbons (Fsp3) is 0.214. The first-order chi connectivity index (χ1) is 8.70. The van der Waals surface area contributed by atoms with Crippen LogP contribution in [0.3, 0.4) is 0 Å². The Kier molecular flexibility index (Phi) is 3.99. The van der Waals surface area contributed by atoms with Gasteiger partial charge in [-0.25, -0.2) is 0 Å². The molecule has 1 amide bonds. The zero-order chi connectivity index (χ0) is 13.0. The van der Waals surface area contributed by atoms with E-state index in [1.54, 1.807) is 35.6 Å². The van der Waals surface area contributed by atoms with Crippen LogP contribution in [0.15, 0.2) is 41.8 Å². The number of nitrogens with one attached hydrogen (secondary N) is 1. The fourth-order valence-corrected chi connectivity index (χ4v) is 2.60. The van der Waals surface area contributed by atoms with Gasteiger partial charge >= 0.3 is 0 Å². The van der Waals surface area contributed by atoms with Crippen LogP contribution >= 0.6 is 11.3 Å². The molecule has 0 radical (unpaired) electrons. The predicted molar refractivity (Wildman–Crippen MR) is 75.7 cm³/mol. The summed E-state index contributed by atoms with van der Waals surface area (Å²) >= 11 is 1.66. The van der Waals surface area contributed by atoms with Crippen molar-refractivity contribution < 1.29 is 4.79 Å². The number of amides is 1. The zero-order valence-electron chi connectivity index (χ0n) is 10.2. The number of thiophene rings is 1. The third kappa shape index (κ3) is 2.90. The summed E-state index contributed by atoms with van der Waals surface area (Å²) in [5.41, 5.74) is 6.90. The largest absolute Gasteiger partial charge is 0.399 e. The van der Waals surface area contributed by atoms with Gasteiger partial charge in [0.25, 0.3) is 5.91 Å². The molecule has 94 valence electrons. The maximum Gasteiger partial charge on any atom is 0.251 e. The molecule has 1 heterocycles. The van der Waals surface area contributed by atoms with E-state index in [0.29, 0.717) is 11.3 Å². The van der Waals surface area contributed by atoms with Gasteiger partial charge < -0.3 is 11.1 Å². The van der Waals surface area contributed by atoms with E-state index in [1.165, 1.54) is 4.88 Å². The van der Waals surface area contributed by atoms with Crippen LogP contribution in [0.25, 0.3) is 0 Å². The maximum atomic E-state index is 12.1. The molecule has 1 unspecified atom stereocenters. The maximum absolute atomic E-state index is 12.1. The molecule has 0 saturated heterocycles. The number of carbonyl (C=O) groups excluding carboxylic acids is 1. The molecule has 0 saturated carbocycles. The monoisotopic (exact) mass is 260 g/mol. The molecule has 1 atom stereocenters. The Balaban J connectivity index is 2.08. The Morgan fingerprint density at radius 1 is 1.33 bits per heavy atom. The quantitative estimate of drug-likeness (QED) is 0.829. The first-order valence-electron chi connectivity index (χ1n) is 5.90. The third-order valence-electron chi connectivity index (χ3n) is 2.77. The molecule has 18 heavy (non-hydrogen) atoms. The molecule has 2 aromatic rings. The summed E-state index contributed by atoms with van der Waals surface area (Å²) in [7, 11) is 0. The molecule has 0 fully saturated rings. The number of rotatable bonds is 4. The zero-order valence-corrected chi connectivity index (χ0v) is 11.0. The van der Waals surface area contributed by atoms with Gasteiger partial charge in [-0.05, 0) is 42.1 Å². The van der Waals surface area contributed by atoms with Crippen LogP contribution in [-0.2, 0) is 0 Å². The van der Waals surface area contributed by atoms with Crippen molar-refractivity contribution in [1.82, 2.24) is 5.32 Å². The van der Waals surface area contributed by atoms with Crippen LogP contribution in [-0.4, -0.2) is 5.91 Å². The Labute approximate surface area is 111 Å². The van der Waals surface area contributed by atoms with Crippen molar-refractivity contribution >= 4 is 22.9 Å². The van der Waals surface area contributed by atoms with Crippen molar-refractivity contribution in [3.63, 3.8) is 0 Å². The lowest BCUT2D eigenvalue weighted by atomic mass is 10.1. The molecule has 3 N–H and O–H groups in total. The Hall–Kier alpha value is -1.81. The summed E-state index contributed by atoms with van der Waals surface area (Å²) in [6, 6.07) is 11.1. The molecule has 0 bridgehead atoms. The van der Waals surface area contributed by atoms with Crippen molar-refractivity contribution in [2.75, 3.05) is 5.73 Å². The minimum Gasteiger partial charge on any atom is -0.399 e. The number of nitrogen functional groups attached to an aromatic ring is 1. The number of nitrogens with two attached hydrogens (primary N) is 1. The summed E-state index contributed by atoms with van der Waals surface area (Å²) in [5.74, 6) is -0.0600. The Morgan fingerprint density at radius 2 is 2.06 bits per heavy atom. The second kappa shape index (κ2) is 5.69. The summed E-state index contributed by atoms with van der Waals surface area (Å²) in [6.07, 6.45) is 0.876. The molecule has 3 nitrogen and oxygen atoms in total. The standard InChI is InChI=1S/C14H16N2OS/c1-2-12(13-4-3-9-18-13)16-14(17)10-5-7-11(15)8-6-10/h3-9,12H,2,15H2,1H3,(H,16,17). The van der Waals surface area contributed by atoms with Gasteiger partial charge in [0, 0.05) is 16.1 Å². The average molecular weight is 260 g/mol. The average Bonchev–Trinajstić information content (AvgIpc) is 2.90. The lowest BCUT2D eigenvalue weighted by Crippen LogP contribution is -2.27. The van der Waals surface area contributed by atoms with E-state index in [1.807, 2.05) is 17.5 Å². The first-order valence-corrected chi connectivity index (χ1v) is 6.78. The molecular weight excluding hydrogens is 244 g/mol. The lowest BCUT2D eigenvalue weighted by Gasteiger charge is -2.15. The summed E-state index contributed by atoms with van der Waals surface area (Å²) in [4.78, 5) is 13.3. The lowest BCUT2D eigenvalue weighted by molar-refractivity contribution is 0.0936. The Bertz CT molecular complexity index is 505. The van der Waals surface area contributed by atoms with Crippen molar-refractivity contribution in [3.05, 3.63) is 52.2 Å². The number of carbonyl (C=O) groups is 1. The van der Waals surface area contributed by atoms with Crippen LogP contribution in [0.4, 0.5) is 5.69 Å². The highest BCUT2D eigenvalue weighted by Gasteiger charge is 2.14. The minimum absolute atomic E-state index is 0.0600. The molecule has 4 heteroatoms. The molecular formula is C14H16N2OS. The SMILES string of the molecule is CCC(NC(=O)c1ccc(N)cc1)c1cccs1. The van der Waals surface area contributed by atoms with E-state index in [0.717, 1.165) is 6.42 Å². The predicted octanol–water partition coefficient (Wildman–Crippen LogP) is 3.21. The van der Waals surface area contributed by atoms with Gasteiger partial charge in [0.15, 0.2) is 0 Å². The summed E-state index contributed by atoms with van der Waals surface area (Å²) in [5, 5.41) is 5.06. The molecule has 2 rings (SSSR count). The summed E-state index contributed by atoms with van der Waals surface area (Å²) in [6.45, 7) is 2.06. The van der Waals surface area contributed by atoms with Gasteiger partial charge in [0.2, 0.25) is 0 Å². The smallest absolute Gasteiger partial charge is 0.251 e. The number of hydrogen-bond donors (Lipinski definition) is 2. The van der Waals surface area contributed by atoms with E-state index in [2.05, 4.69) is 12.2 Å². The highest BCUT2D eigenvalue weighted by molar-refractivity contribution is 7.10. The fourth-order valence-electron chi connectivity index (χ4n) is 1.74. The highest BCUT2D eigenvalue weighted by Crippen LogP contribution is 2.22. The number of anilines is 1. The van der Waals surface area contributed by atoms with Crippen LogP contribution in [0.5, 0.6) is 0 Å². The van der Waals surface area contributed by atoms with Crippen molar-refractivity contribution in [2.45, 2.75) is 19.4 Å². The molecule has 0 aliphatic heterocycles. The van der Waals surface area contributed by atoms with Crippen LogP contribution < -0.4 is 11.1 Å². The highest BCUT2D eigenvalue weighted by atomic mass is 32.1. The summed E-state index contributed by atoms with van der Waals surface area (Å²) < 4.78 is 0. The van der Waals surface area contributed by atoms with Gasteiger partial charge in [-0.1, -0.05) is 13.0 Å². The number of hydrogen-bond acceptors (Lipinski definition) is 3. The second-order valence-electron chi connectivity index (χ2n) is 4.07. The van der Waals surface area contributed by atoms with Gasteiger partial charge in [0.1, 0.15) is 0 Å². The molecule has 0 aliphatic rings. The second-order valence-corrected chi connectivity index (χ2v) is 5.05. The number of benzene rings is 1. The normalized spacial score (nSPS) is 12.1. The van der Waals surface area contributed by atoms with Crippen LogP contribution in [0.1, 0.15) is 34.6 Å². The van der Waals surface area contributed by atoms with E-state index < -0.39 is 0 Å². The first kappa shape index (κ1) is 12.6. The van der Waals surface area contributed by atoms with Crippen LogP contribution in [0.2, 0.25) is 0 Å². The molecule has 1 aromatic heterocycles. The van der Waals surface area contributed by atoms with E-state index in [-0.39, 0.29) is 11.9 Å². The van der Waals surface area contributed by atoms with Crippen molar-refractivity contribution in [1.29, 1.82) is 0 Å². The third-order valence-corrected chi connectivity index (χ3v) is 3.76. The van der Waals surface area contributed by atoms with Crippen molar-refractivity contribution in [2.24, 2.45) is 0 Å². The van der Waals surface area contributed by atoms with Gasteiger partial charge in [-0.2, -0.15) is 0 Å². The topological polar surface area (TPSA) is 55.1 Å². The minimum atomic E-state index is -0.0600. The molecule has 0 spiro atoms. The van der Waals surface area contributed by atoms with Gasteiger partial charge in [-0.3, -0.25) is 4.79 Å². The van der Waals surface area contributed by atoms with Crippen LogP contribution in [0, 0.1) is 0 Å². The van der Waals surface area contributed by atoms with Gasteiger partial charge in [0.05, 0.1) is 6.04 Å². The van der Waals surface area contributed by atoms with Gasteiger partial charge in [-0.15, -0.1) is 11.3 Å². The van der Waals surface area contributed by atoms with E-state index in [4.69, 9.17) is 5.73 Å². The van der Waals surface area contributed by atoms with E-state index in [9.17, 15) is 4.79 Å². The Morgan fingerprint density at radius 3 is 2.61 bits per heavy atom.